The van der Waals surface area contributed by atoms with Crippen molar-refractivity contribution < 1.29 is 9.84 Å². The molecule has 2 heterocycles. The molecule has 170 valence electrons. The van der Waals surface area contributed by atoms with Crippen LogP contribution in [0.2, 0.25) is 0 Å². The number of hydrogen-bond acceptors (Lipinski definition) is 7. The highest BCUT2D eigenvalue weighted by Gasteiger charge is 2.20. The van der Waals surface area contributed by atoms with Gasteiger partial charge in [0.1, 0.15) is 5.75 Å². The molecule has 1 fully saturated rings. The average molecular weight is 461 g/mol. The summed E-state index contributed by atoms with van der Waals surface area (Å²) >= 11 is 1.67. The molecule has 6 nitrogen and oxygen atoms in total. The van der Waals surface area contributed by atoms with Gasteiger partial charge in [0, 0.05) is 18.9 Å². The lowest BCUT2D eigenvalue weighted by Gasteiger charge is -2.26. The van der Waals surface area contributed by atoms with Crippen LogP contribution < -0.4 is 10.1 Å². The first-order valence-corrected chi connectivity index (χ1v) is 12.2. The van der Waals surface area contributed by atoms with Gasteiger partial charge in [-0.25, -0.2) is 15.0 Å². The zero-order valence-corrected chi connectivity index (χ0v) is 19.5. The van der Waals surface area contributed by atoms with E-state index in [1.54, 1.807) is 18.4 Å². The Morgan fingerprint density at radius 3 is 2.45 bits per heavy atom. The van der Waals surface area contributed by atoms with E-state index in [2.05, 4.69) is 35.6 Å². The second kappa shape index (κ2) is 9.85. The van der Waals surface area contributed by atoms with Gasteiger partial charge < -0.3 is 15.2 Å². The summed E-state index contributed by atoms with van der Waals surface area (Å²) in [6.07, 6.45) is 4.74. The Morgan fingerprint density at radius 1 is 0.939 bits per heavy atom. The smallest absolute Gasteiger partial charge is 0.223 e. The van der Waals surface area contributed by atoms with Crippen molar-refractivity contribution in [2.75, 3.05) is 12.4 Å². The Kier molecular flexibility index (Phi) is 6.51. The monoisotopic (exact) mass is 460 g/mol. The molecule has 0 radical (unpaired) electrons. The Labute approximate surface area is 197 Å². The third-order valence-corrected chi connectivity index (χ3v) is 7.08. The molecule has 33 heavy (non-hydrogen) atoms. The molecular weight excluding hydrogens is 432 g/mol. The van der Waals surface area contributed by atoms with Gasteiger partial charge in [-0.3, -0.25) is 0 Å². The zero-order chi connectivity index (χ0) is 22.6. The number of nitrogens with one attached hydrogen (secondary N) is 1. The number of nitrogens with zero attached hydrogens (tertiary/aromatic N) is 3. The molecule has 0 spiro atoms. The third kappa shape index (κ3) is 5.49. The molecule has 1 saturated carbocycles. The van der Waals surface area contributed by atoms with Gasteiger partial charge in [-0.15, -0.1) is 11.3 Å². The van der Waals surface area contributed by atoms with Gasteiger partial charge in [0.05, 0.1) is 39.8 Å². The first-order chi connectivity index (χ1) is 16.1. The molecule has 5 rings (SSSR count). The molecule has 0 aliphatic heterocycles. The van der Waals surface area contributed by atoms with Crippen molar-refractivity contribution in [3.05, 3.63) is 76.6 Å². The van der Waals surface area contributed by atoms with E-state index in [-0.39, 0.29) is 6.10 Å². The van der Waals surface area contributed by atoms with Crippen LogP contribution in [-0.2, 0) is 12.8 Å². The molecule has 1 aliphatic rings. The van der Waals surface area contributed by atoms with Crippen LogP contribution in [0.4, 0.5) is 5.95 Å². The van der Waals surface area contributed by atoms with E-state index in [0.717, 1.165) is 64.5 Å². The van der Waals surface area contributed by atoms with Crippen LogP contribution >= 0.6 is 11.3 Å². The largest absolute Gasteiger partial charge is 0.497 e. The summed E-state index contributed by atoms with van der Waals surface area (Å²) in [6, 6.07) is 18.7. The lowest BCUT2D eigenvalue weighted by atomic mass is 9.93. The lowest BCUT2D eigenvalue weighted by molar-refractivity contribution is 0.126. The number of thiazole rings is 1. The summed E-state index contributed by atoms with van der Waals surface area (Å²) < 4.78 is 6.46. The summed E-state index contributed by atoms with van der Waals surface area (Å²) in [6.45, 7) is 0. The van der Waals surface area contributed by atoms with Crippen LogP contribution in [0.5, 0.6) is 5.75 Å². The SMILES string of the molecule is COc1ccc2nc(Cc3cc(Cc4ccccc4)nc(NC4CCC(O)CC4)n3)sc2c1. The van der Waals surface area contributed by atoms with Crippen molar-refractivity contribution in [1.29, 1.82) is 0 Å². The van der Waals surface area contributed by atoms with Gasteiger partial charge in [0.2, 0.25) is 5.95 Å². The quantitative estimate of drug-likeness (QED) is 0.404. The van der Waals surface area contributed by atoms with Crippen molar-refractivity contribution in [3.63, 3.8) is 0 Å². The van der Waals surface area contributed by atoms with Crippen LogP contribution in [0.15, 0.2) is 54.6 Å². The number of benzene rings is 2. The van der Waals surface area contributed by atoms with Crippen molar-refractivity contribution in [2.24, 2.45) is 0 Å². The van der Waals surface area contributed by atoms with Crippen molar-refractivity contribution in [3.8, 4) is 5.75 Å². The molecule has 0 atom stereocenters. The molecule has 2 aromatic heterocycles. The molecule has 0 saturated heterocycles. The Balaban J connectivity index is 1.41. The minimum atomic E-state index is -0.179. The molecule has 7 heteroatoms. The standard InChI is InChI=1S/C26H28N4O2S/c1-32-22-11-12-23-24(16-22)33-25(30-23)15-20-14-19(13-17-5-3-2-4-6-17)28-26(29-20)27-18-7-9-21(31)10-8-18/h2-6,11-12,14,16,18,21,31H,7-10,13,15H2,1H3,(H,27,28,29). The molecule has 2 aromatic carbocycles. The Hall–Kier alpha value is -3.03. The zero-order valence-electron chi connectivity index (χ0n) is 18.7. The van der Waals surface area contributed by atoms with Crippen LogP contribution in [0.3, 0.4) is 0 Å². The molecule has 1 aliphatic carbocycles. The molecule has 0 unspecified atom stereocenters. The van der Waals surface area contributed by atoms with Gasteiger partial charge in [0.15, 0.2) is 0 Å². The first-order valence-electron chi connectivity index (χ1n) is 11.4. The topological polar surface area (TPSA) is 80.2 Å². The van der Waals surface area contributed by atoms with E-state index in [9.17, 15) is 5.11 Å². The van der Waals surface area contributed by atoms with Gasteiger partial charge >= 0.3 is 0 Å². The molecule has 0 amide bonds. The van der Waals surface area contributed by atoms with Crippen LogP contribution in [0, 0.1) is 0 Å². The maximum Gasteiger partial charge on any atom is 0.223 e. The lowest BCUT2D eigenvalue weighted by Crippen LogP contribution is -2.29. The number of rotatable bonds is 7. The summed E-state index contributed by atoms with van der Waals surface area (Å²) in [4.78, 5) is 14.5. The minimum absolute atomic E-state index is 0.179. The van der Waals surface area contributed by atoms with E-state index in [1.807, 2.05) is 24.3 Å². The van der Waals surface area contributed by atoms with E-state index < -0.39 is 0 Å². The van der Waals surface area contributed by atoms with Crippen LogP contribution in [0.25, 0.3) is 10.2 Å². The summed E-state index contributed by atoms with van der Waals surface area (Å²) in [7, 11) is 1.68. The van der Waals surface area contributed by atoms with Crippen molar-refractivity contribution in [2.45, 2.75) is 50.7 Å². The predicted molar refractivity (Wildman–Crippen MR) is 132 cm³/mol. The van der Waals surface area contributed by atoms with Gasteiger partial charge in [-0.2, -0.15) is 0 Å². The summed E-state index contributed by atoms with van der Waals surface area (Å²) in [5.41, 5.74) is 4.15. The average Bonchev–Trinajstić information content (AvgIpc) is 3.22. The molecular formula is C26H28N4O2S. The van der Waals surface area contributed by atoms with Crippen LogP contribution in [-0.4, -0.2) is 39.3 Å². The number of anilines is 1. The number of aliphatic hydroxyl groups is 1. The van der Waals surface area contributed by atoms with Gasteiger partial charge in [0.25, 0.3) is 0 Å². The second-order valence-electron chi connectivity index (χ2n) is 8.60. The number of methoxy groups -OCH3 is 1. The highest BCUT2D eigenvalue weighted by Crippen LogP contribution is 2.28. The highest BCUT2D eigenvalue weighted by molar-refractivity contribution is 7.18. The highest BCUT2D eigenvalue weighted by atomic mass is 32.1. The maximum atomic E-state index is 9.83. The molecule has 0 bridgehead atoms. The van der Waals surface area contributed by atoms with E-state index >= 15 is 0 Å². The minimum Gasteiger partial charge on any atom is -0.497 e. The van der Waals surface area contributed by atoms with Crippen molar-refractivity contribution >= 4 is 27.5 Å². The number of hydrogen-bond donors (Lipinski definition) is 2. The first kappa shape index (κ1) is 21.8. The van der Waals surface area contributed by atoms with E-state index in [0.29, 0.717) is 18.4 Å². The third-order valence-electron chi connectivity index (χ3n) is 6.06. The Morgan fingerprint density at radius 2 is 1.70 bits per heavy atom. The summed E-state index contributed by atoms with van der Waals surface area (Å²) in [5.74, 6) is 1.51. The van der Waals surface area contributed by atoms with Crippen LogP contribution in [0.1, 0.15) is 47.6 Å². The Bertz CT molecular complexity index is 1220. The predicted octanol–water partition coefficient (Wildman–Crippen LogP) is 4.99. The fraction of sp³-hybridized carbons (Fsp3) is 0.346. The molecule has 2 N–H and O–H groups in total. The number of aliphatic hydroxyl groups excluding tert-OH is 1. The van der Waals surface area contributed by atoms with Gasteiger partial charge in [-0.1, -0.05) is 30.3 Å². The van der Waals surface area contributed by atoms with E-state index in [1.165, 1.54) is 5.56 Å². The van der Waals surface area contributed by atoms with E-state index in [4.69, 9.17) is 19.7 Å². The summed E-state index contributed by atoms with van der Waals surface area (Å²) in [5, 5.41) is 14.4. The second-order valence-corrected chi connectivity index (χ2v) is 9.72. The number of aromatic nitrogens is 3. The maximum absolute atomic E-state index is 9.83. The number of fused-ring (bicyclic) bond motifs is 1. The fourth-order valence-electron chi connectivity index (χ4n) is 4.32. The van der Waals surface area contributed by atoms with Gasteiger partial charge in [-0.05, 0) is 55.5 Å². The van der Waals surface area contributed by atoms with Crippen molar-refractivity contribution in [1.82, 2.24) is 15.0 Å². The fourth-order valence-corrected chi connectivity index (χ4v) is 5.33. The molecule has 4 aromatic rings. The number of ether oxygens (including phenoxy) is 1. The normalized spacial score (nSPS) is 18.4.